The lowest BCUT2D eigenvalue weighted by Gasteiger charge is -2.09. The predicted molar refractivity (Wildman–Crippen MR) is 68.3 cm³/mol. The highest BCUT2D eigenvalue weighted by Gasteiger charge is 2.06. The van der Waals surface area contributed by atoms with Gasteiger partial charge in [0.25, 0.3) is 0 Å². The van der Waals surface area contributed by atoms with Gasteiger partial charge in [-0.3, -0.25) is 0 Å². The molecule has 0 aliphatic carbocycles. The number of allylic oxidation sites excluding steroid dienone is 1. The summed E-state index contributed by atoms with van der Waals surface area (Å²) in [5, 5.41) is 8.84. The molecule has 92 valence electrons. The number of ether oxygens (including phenoxy) is 1. The van der Waals surface area contributed by atoms with E-state index in [1.165, 1.54) is 6.08 Å². The van der Waals surface area contributed by atoms with Gasteiger partial charge >= 0.3 is 5.97 Å². The summed E-state index contributed by atoms with van der Waals surface area (Å²) in [6.07, 6.45) is 2.97. The molecule has 1 aromatic rings. The molecule has 0 unspecified atom stereocenters. The van der Waals surface area contributed by atoms with Crippen LogP contribution >= 0.6 is 0 Å². The maximum Gasteiger partial charge on any atom is 0.328 e. The third-order valence-electron chi connectivity index (χ3n) is 2.58. The Morgan fingerprint density at radius 1 is 1.47 bits per heavy atom. The van der Waals surface area contributed by atoms with Crippen molar-refractivity contribution in [3.63, 3.8) is 0 Å². The molecular formula is C14H18O3. The molecule has 0 aliphatic rings. The number of benzene rings is 1. The molecule has 0 radical (unpaired) electrons. The highest BCUT2D eigenvalue weighted by molar-refractivity contribution is 5.90. The number of aryl methyl sites for hydroxylation is 1. The van der Waals surface area contributed by atoms with Crippen molar-refractivity contribution in [1.82, 2.24) is 0 Å². The minimum atomic E-state index is -0.901. The van der Waals surface area contributed by atoms with Crippen LogP contribution in [0.25, 0.3) is 5.57 Å². The Morgan fingerprint density at radius 3 is 2.65 bits per heavy atom. The van der Waals surface area contributed by atoms with Gasteiger partial charge in [0.05, 0.1) is 7.11 Å². The first-order valence-corrected chi connectivity index (χ1v) is 5.67. The summed E-state index contributed by atoms with van der Waals surface area (Å²) in [5.74, 6) is -0.0816. The topological polar surface area (TPSA) is 46.5 Å². The first kappa shape index (κ1) is 13.3. The van der Waals surface area contributed by atoms with Crippen LogP contribution in [-0.2, 0) is 4.79 Å². The van der Waals surface area contributed by atoms with Gasteiger partial charge in [0, 0.05) is 6.08 Å². The van der Waals surface area contributed by atoms with E-state index in [2.05, 4.69) is 0 Å². The summed E-state index contributed by atoms with van der Waals surface area (Å²) < 4.78 is 5.18. The van der Waals surface area contributed by atoms with Crippen LogP contribution in [0.2, 0.25) is 0 Å². The largest absolute Gasteiger partial charge is 0.496 e. The second kappa shape index (κ2) is 6.09. The second-order valence-corrected chi connectivity index (χ2v) is 3.94. The smallest absolute Gasteiger partial charge is 0.328 e. The van der Waals surface area contributed by atoms with E-state index in [0.29, 0.717) is 0 Å². The number of carbonyl (C=O) groups is 1. The van der Waals surface area contributed by atoms with Crippen LogP contribution in [0.3, 0.4) is 0 Å². The van der Waals surface area contributed by atoms with Crippen LogP contribution in [-0.4, -0.2) is 18.2 Å². The Bertz CT molecular complexity index is 433. The molecule has 1 aromatic carbocycles. The molecule has 0 atom stereocenters. The third kappa shape index (κ3) is 3.63. The molecule has 3 heteroatoms. The average molecular weight is 234 g/mol. The fourth-order valence-electron chi connectivity index (χ4n) is 1.80. The van der Waals surface area contributed by atoms with Gasteiger partial charge in [-0.2, -0.15) is 0 Å². The lowest BCUT2D eigenvalue weighted by molar-refractivity contribution is -0.131. The van der Waals surface area contributed by atoms with Gasteiger partial charge in [-0.15, -0.1) is 0 Å². The molecule has 1 N–H and O–H groups in total. The molecule has 0 amide bonds. The van der Waals surface area contributed by atoms with Crippen LogP contribution in [0.1, 0.15) is 30.9 Å². The monoisotopic (exact) mass is 234 g/mol. The quantitative estimate of drug-likeness (QED) is 0.795. The first-order chi connectivity index (χ1) is 8.08. The van der Waals surface area contributed by atoms with E-state index in [0.717, 1.165) is 35.3 Å². The predicted octanol–water partition coefficient (Wildman–Crippen LogP) is 3.27. The fourth-order valence-corrected chi connectivity index (χ4v) is 1.80. The SMILES string of the molecule is CCC/C(=C\C(=O)O)c1ccc(OC)c(C)c1. The Labute approximate surface area is 102 Å². The molecule has 0 saturated heterocycles. The van der Waals surface area contributed by atoms with E-state index >= 15 is 0 Å². The average Bonchev–Trinajstić information content (AvgIpc) is 2.28. The maximum atomic E-state index is 10.8. The van der Waals surface area contributed by atoms with Crippen molar-refractivity contribution in [2.45, 2.75) is 26.7 Å². The molecule has 0 aliphatic heterocycles. The third-order valence-corrected chi connectivity index (χ3v) is 2.58. The molecule has 17 heavy (non-hydrogen) atoms. The first-order valence-electron chi connectivity index (χ1n) is 5.67. The number of methoxy groups -OCH3 is 1. The summed E-state index contributed by atoms with van der Waals surface area (Å²) in [6, 6.07) is 5.73. The summed E-state index contributed by atoms with van der Waals surface area (Å²) in [6.45, 7) is 3.98. The van der Waals surface area contributed by atoms with Gasteiger partial charge in [-0.1, -0.05) is 19.4 Å². The molecule has 0 heterocycles. The number of hydrogen-bond acceptors (Lipinski definition) is 2. The zero-order chi connectivity index (χ0) is 12.8. The van der Waals surface area contributed by atoms with Crippen LogP contribution < -0.4 is 4.74 Å². The van der Waals surface area contributed by atoms with Gasteiger partial charge in [-0.05, 0) is 42.2 Å². The summed E-state index contributed by atoms with van der Waals surface area (Å²) in [7, 11) is 1.63. The van der Waals surface area contributed by atoms with Crippen molar-refractivity contribution in [2.75, 3.05) is 7.11 Å². The molecule has 1 rings (SSSR count). The number of rotatable bonds is 5. The van der Waals surface area contributed by atoms with Gasteiger partial charge in [0.2, 0.25) is 0 Å². The van der Waals surface area contributed by atoms with Crippen LogP contribution in [0.15, 0.2) is 24.3 Å². The Kier molecular flexibility index (Phi) is 4.76. The zero-order valence-corrected chi connectivity index (χ0v) is 10.5. The van der Waals surface area contributed by atoms with Gasteiger partial charge in [0.1, 0.15) is 5.75 Å². The van der Waals surface area contributed by atoms with Crippen molar-refractivity contribution in [2.24, 2.45) is 0 Å². The normalized spacial score (nSPS) is 11.4. The molecular weight excluding hydrogens is 216 g/mol. The summed E-state index contributed by atoms with van der Waals surface area (Å²) >= 11 is 0. The molecule has 0 saturated carbocycles. The second-order valence-electron chi connectivity index (χ2n) is 3.94. The number of carboxylic acids is 1. The Balaban J connectivity index is 3.11. The fraction of sp³-hybridized carbons (Fsp3) is 0.357. The molecule has 3 nitrogen and oxygen atoms in total. The number of aliphatic carboxylic acids is 1. The summed E-state index contributed by atoms with van der Waals surface area (Å²) in [4.78, 5) is 10.8. The van der Waals surface area contributed by atoms with Crippen LogP contribution in [0.5, 0.6) is 5.75 Å². The minimum Gasteiger partial charge on any atom is -0.496 e. The van der Waals surface area contributed by atoms with Gasteiger partial charge in [0.15, 0.2) is 0 Å². The van der Waals surface area contributed by atoms with E-state index in [-0.39, 0.29) is 0 Å². The highest BCUT2D eigenvalue weighted by atomic mass is 16.5. The van der Waals surface area contributed by atoms with Crippen LogP contribution in [0, 0.1) is 6.92 Å². The molecule has 0 spiro atoms. The van der Waals surface area contributed by atoms with Crippen LogP contribution in [0.4, 0.5) is 0 Å². The standard InChI is InChI=1S/C14H18O3/c1-4-5-11(9-14(15)16)12-6-7-13(17-3)10(2)8-12/h6-9H,4-5H2,1-3H3,(H,15,16)/b11-9+. The molecule has 0 bridgehead atoms. The van der Waals surface area contributed by atoms with E-state index in [1.807, 2.05) is 32.0 Å². The van der Waals surface area contributed by atoms with Gasteiger partial charge in [-0.25, -0.2) is 4.79 Å². The van der Waals surface area contributed by atoms with E-state index in [4.69, 9.17) is 9.84 Å². The zero-order valence-electron chi connectivity index (χ0n) is 10.5. The summed E-state index contributed by atoms with van der Waals surface area (Å²) in [5.41, 5.74) is 2.82. The number of hydrogen-bond donors (Lipinski definition) is 1. The lowest BCUT2D eigenvalue weighted by Crippen LogP contribution is -1.94. The Hall–Kier alpha value is -1.77. The van der Waals surface area contributed by atoms with Crippen molar-refractivity contribution in [3.05, 3.63) is 35.4 Å². The number of carboxylic acid groups (broad SMARTS) is 1. The lowest BCUT2D eigenvalue weighted by atomic mass is 9.99. The molecule has 0 fully saturated rings. The minimum absolute atomic E-state index is 0.762. The van der Waals surface area contributed by atoms with E-state index in [9.17, 15) is 4.79 Å². The van der Waals surface area contributed by atoms with Crippen molar-refractivity contribution < 1.29 is 14.6 Å². The van der Waals surface area contributed by atoms with E-state index in [1.54, 1.807) is 7.11 Å². The van der Waals surface area contributed by atoms with Crippen molar-refractivity contribution >= 4 is 11.5 Å². The molecule has 0 aromatic heterocycles. The highest BCUT2D eigenvalue weighted by Crippen LogP contribution is 2.25. The van der Waals surface area contributed by atoms with E-state index < -0.39 is 5.97 Å². The Morgan fingerprint density at radius 2 is 2.18 bits per heavy atom. The van der Waals surface area contributed by atoms with Crippen molar-refractivity contribution in [1.29, 1.82) is 0 Å². The van der Waals surface area contributed by atoms with Crippen molar-refractivity contribution in [3.8, 4) is 5.75 Å². The van der Waals surface area contributed by atoms with Gasteiger partial charge < -0.3 is 9.84 Å². The maximum absolute atomic E-state index is 10.8.